The Morgan fingerprint density at radius 3 is 0.772 bits per heavy atom. The third kappa shape index (κ3) is 7.60. The van der Waals surface area contributed by atoms with Crippen LogP contribution in [0.4, 0.5) is 0 Å². The number of nitrogens with one attached hydrogen (secondary N) is 2. The molecular weight excluding hydrogens is 934 g/mol. The smallest absolute Gasteiger partial charge is 0.0737 e. The number of benzene rings is 4. The zero-order chi connectivity index (χ0) is 38.8. The van der Waals surface area contributed by atoms with Gasteiger partial charge in [0.1, 0.15) is 0 Å². The minimum absolute atomic E-state index is 0. The maximum atomic E-state index is 6.94. The van der Waals surface area contributed by atoms with Crippen LogP contribution in [0.1, 0.15) is 22.8 Å². The molecule has 8 bridgehead atoms. The van der Waals surface area contributed by atoms with Crippen LogP contribution in [0.2, 0.25) is 40.2 Å². The van der Waals surface area contributed by atoms with E-state index in [-0.39, 0.29) is 19.5 Å². The van der Waals surface area contributed by atoms with Gasteiger partial charge in [0.15, 0.2) is 0 Å². The standard InChI is InChI=1S/C44H22Cl8N4.Zn/c45-21-1-5-29(49)25(17-21)41-33-9-11-35(53-33)42(26-18-22(46)2-6-30(26)50)37-13-15-39(55-37)44(28-20-24(48)4-8-32(28)52)40-16-14-38(56-40)43(36-12-10-34(41)54-36)27-19-23(47)3-7-31(27)51;/h1-20,53,56H;. The summed E-state index contributed by atoms with van der Waals surface area (Å²) in [6, 6.07) is 29.2. The Hall–Kier alpha value is -3.58. The van der Waals surface area contributed by atoms with Crippen molar-refractivity contribution in [3.8, 4) is 44.5 Å². The van der Waals surface area contributed by atoms with Crippen LogP contribution in [0.25, 0.3) is 90.9 Å². The summed E-state index contributed by atoms with van der Waals surface area (Å²) in [6.45, 7) is 0. The van der Waals surface area contributed by atoms with Gasteiger partial charge in [0.2, 0.25) is 0 Å². The predicted octanol–water partition coefficient (Wildman–Crippen LogP) is 16.5. The van der Waals surface area contributed by atoms with Gasteiger partial charge in [-0.3, -0.25) is 0 Å². The van der Waals surface area contributed by atoms with Crippen molar-refractivity contribution in [3.05, 3.63) is 160 Å². The van der Waals surface area contributed by atoms with Crippen LogP contribution < -0.4 is 0 Å². The first-order valence-electron chi connectivity index (χ1n) is 17.0. The molecule has 13 heteroatoms. The summed E-state index contributed by atoms with van der Waals surface area (Å²) in [6.07, 6.45) is 7.76. The molecule has 57 heavy (non-hydrogen) atoms. The van der Waals surface area contributed by atoms with E-state index in [4.69, 9.17) is 103 Å². The van der Waals surface area contributed by atoms with E-state index in [1.807, 2.05) is 72.8 Å². The molecule has 0 atom stereocenters. The third-order valence-corrected chi connectivity index (χ3v) is 11.8. The number of aromatic amines is 2. The number of H-pyrrole nitrogens is 2. The minimum Gasteiger partial charge on any atom is -0.354 e. The van der Waals surface area contributed by atoms with Gasteiger partial charge in [-0.2, -0.15) is 0 Å². The van der Waals surface area contributed by atoms with Gasteiger partial charge < -0.3 is 9.97 Å². The summed E-state index contributed by atoms with van der Waals surface area (Å²) in [4.78, 5) is 17.8. The van der Waals surface area contributed by atoms with E-state index >= 15 is 0 Å². The Bertz CT molecular complexity index is 2640. The van der Waals surface area contributed by atoms with Gasteiger partial charge in [-0.1, -0.05) is 92.8 Å². The molecule has 5 heterocycles. The number of hydrogen-bond acceptors (Lipinski definition) is 2. The van der Waals surface area contributed by atoms with Crippen molar-refractivity contribution in [1.82, 2.24) is 19.9 Å². The molecule has 0 amide bonds. The van der Waals surface area contributed by atoms with Gasteiger partial charge >= 0.3 is 0 Å². The second-order valence-electron chi connectivity index (χ2n) is 13.0. The SMILES string of the molecule is Clc1ccc(Cl)c(-c2c3nc(c(-c4cc(Cl)ccc4Cl)c4ccc([nH]4)c(-c4cc(Cl)ccc4Cl)c4nc(c(-c5cc(Cl)ccc5Cl)c5ccc2[nH]5)C=C4)C=C3)c1.[Zn]. The zero-order valence-electron chi connectivity index (χ0n) is 29.2. The molecule has 0 fully saturated rings. The summed E-state index contributed by atoms with van der Waals surface area (Å²) >= 11 is 54.2. The van der Waals surface area contributed by atoms with Crippen LogP contribution >= 0.6 is 92.8 Å². The van der Waals surface area contributed by atoms with Gasteiger partial charge in [0, 0.05) is 126 Å². The van der Waals surface area contributed by atoms with E-state index in [0.717, 1.165) is 0 Å². The van der Waals surface area contributed by atoms with Gasteiger partial charge in [0.25, 0.3) is 0 Å². The van der Waals surface area contributed by atoms with E-state index in [9.17, 15) is 0 Å². The number of aromatic nitrogens is 4. The average molecular weight is 956 g/mol. The molecule has 3 aromatic heterocycles. The van der Waals surface area contributed by atoms with Gasteiger partial charge in [-0.15, -0.1) is 0 Å². The topological polar surface area (TPSA) is 57.4 Å². The molecule has 2 aliphatic rings. The van der Waals surface area contributed by atoms with E-state index in [2.05, 4.69) is 9.97 Å². The maximum absolute atomic E-state index is 6.94. The molecule has 2 aliphatic heterocycles. The van der Waals surface area contributed by atoms with E-state index < -0.39 is 0 Å². The Morgan fingerprint density at radius 1 is 0.316 bits per heavy atom. The van der Waals surface area contributed by atoms with E-state index in [0.29, 0.717) is 130 Å². The number of hydrogen-bond donors (Lipinski definition) is 2. The predicted molar refractivity (Wildman–Crippen MR) is 241 cm³/mol. The maximum Gasteiger partial charge on any atom is 0.0737 e. The van der Waals surface area contributed by atoms with Crippen LogP contribution in [0.3, 0.4) is 0 Å². The number of rotatable bonds is 4. The molecule has 0 saturated heterocycles. The zero-order valence-corrected chi connectivity index (χ0v) is 38.2. The quantitative estimate of drug-likeness (QED) is 0.173. The molecule has 0 saturated carbocycles. The summed E-state index contributed by atoms with van der Waals surface area (Å²) in [7, 11) is 0. The first-order valence-corrected chi connectivity index (χ1v) is 20.0. The third-order valence-electron chi connectivity index (χ3n) is 9.54. The van der Waals surface area contributed by atoms with Crippen LogP contribution in [-0.4, -0.2) is 19.9 Å². The normalized spacial score (nSPS) is 11.9. The van der Waals surface area contributed by atoms with Gasteiger partial charge in [-0.05, 0) is 121 Å². The number of fused-ring (bicyclic) bond motifs is 8. The minimum atomic E-state index is 0. The molecule has 0 unspecified atom stereocenters. The molecule has 276 valence electrons. The second-order valence-corrected chi connectivity index (χ2v) is 16.4. The van der Waals surface area contributed by atoms with Crippen molar-refractivity contribution in [1.29, 1.82) is 0 Å². The van der Waals surface area contributed by atoms with Crippen molar-refractivity contribution in [3.63, 3.8) is 0 Å². The van der Waals surface area contributed by atoms with Crippen molar-refractivity contribution < 1.29 is 19.5 Å². The number of nitrogens with zero attached hydrogens (tertiary/aromatic N) is 2. The van der Waals surface area contributed by atoms with E-state index in [1.165, 1.54) is 0 Å². The van der Waals surface area contributed by atoms with Gasteiger partial charge in [-0.25, -0.2) is 9.97 Å². The van der Waals surface area contributed by atoms with Crippen LogP contribution in [-0.2, 0) is 19.5 Å². The Morgan fingerprint density at radius 2 is 0.544 bits per heavy atom. The van der Waals surface area contributed by atoms with Crippen LogP contribution in [0, 0.1) is 0 Å². The molecular formula is C44H22Cl8N4Zn. The van der Waals surface area contributed by atoms with Crippen LogP contribution in [0.15, 0.2) is 97.1 Å². The van der Waals surface area contributed by atoms with Crippen LogP contribution in [0.5, 0.6) is 0 Å². The summed E-state index contributed by atoms with van der Waals surface area (Å²) in [5.74, 6) is 0. The molecule has 0 spiro atoms. The van der Waals surface area contributed by atoms with Crippen molar-refractivity contribution in [2.45, 2.75) is 0 Å². The fraction of sp³-hybridized carbons (Fsp3) is 0. The van der Waals surface area contributed by atoms with Gasteiger partial charge in [0.05, 0.1) is 22.8 Å². The summed E-state index contributed by atoms with van der Waals surface area (Å²) in [5.41, 5.74) is 10.9. The number of halogens is 8. The Balaban J connectivity index is 0.00000455. The molecule has 0 aliphatic carbocycles. The molecule has 2 N–H and O–H groups in total. The van der Waals surface area contributed by atoms with E-state index in [1.54, 1.807) is 48.5 Å². The first-order chi connectivity index (χ1) is 27.0. The fourth-order valence-corrected chi connectivity index (χ4v) is 8.63. The van der Waals surface area contributed by atoms with Crippen molar-refractivity contribution in [2.24, 2.45) is 0 Å². The average Bonchev–Trinajstić information content (AvgIpc) is 4.01. The van der Waals surface area contributed by atoms with Crippen molar-refractivity contribution >= 4 is 139 Å². The Labute approximate surface area is 379 Å². The first kappa shape index (κ1) is 40.2. The molecule has 0 radical (unpaired) electrons. The molecule has 4 aromatic carbocycles. The Kier molecular flexibility index (Phi) is 11.4. The second kappa shape index (κ2) is 16.2. The molecule has 4 nitrogen and oxygen atoms in total. The summed E-state index contributed by atoms with van der Waals surface area (Å²) < 4.78 is 0. The monoisotopic (exact) mass is 950 g/mol. The molecule has 9 rings (SSSR count). The molecule has 7 aromatic rings. The summed E-state index contributed by atoms with van der Waals surface area (Å²) in [5, 5.41) is 4.00. The van der Waals surface area contributed by atoms with Crippen molar-refractivity contribution in [2.75, 3.05) is 0 Å². The fourth-order valence-electron chi connectivity index (χ4n) is 7.10. The largest absolute Gasteiger partial charge is 0.354 e.